The molecule has 1 unspecified atom stereocenters. The Morgan fingerprint density at radius 3 is 2.27 bits per heavy atom. The first-order valence-electron chi connectivity index (χ1n) is 9.81. The maximum absolute atomic E-state index is 6.50. The van der Waals surface area contributed by atoms with Gasteiger partial charge in [-0.05, 0) is 70.6 Å². The van der Waals surface area contributed by atoms with E-state index in [2.05, 4.69) is 89.2 Å². The van der Waals surface area contributed by atoms with Crippen molar-refractivity contribution in [2.45, 2.75) is 77.3 Å². The highest BCUT2D eigenvalue weighted by Crippen LogP contribution is 2.50. The number of hydrogen-bond donors (Lipinski definition) is 0. The quantitative estimate of drug-likeness (QED) is 0.581. The highest BCUT2D eigenvalue weighted by atomic mass is 16.5. The molecule has 2 aromatic carbocycles. The Bertz CT molecular complexity index is 714. The van der Waals surface area contributed by atoms with Crippen LogP contribution in [0.2, 0.25) is 0 Å². The predicted molar refractivity (Wildman–Crippen MR) is 107 cm³/mol. The van der Waals surface area contributed by atoms with Gasteiger partial charge in [-0.3, -0.25) is 0 Å². The molecule has 26 heavy (non-hydrogen) atoms. The Labute approximate surface area is 158 Å². The van der Waals surface area contributed by atoms with Crippen LogP contribution in [0.5, 0.6) is 0 Å². The first kappa shape index (κ1) is 19.1. The molecule has 0 radical (unpaired) electrons. The smallest absolute Gasteiger partial charge is 0.0937 e. The lowest BCUT2D eigenvalue weighted by atomic mass is 9.94. The Balaban J connectivity index is 1.67. The largest absolute Gasteiger partial charge is 0.368 e. The lowest BCUT2D eigenvalue weighted by molar-refractivity contribution is -0.0601. The molecule has 1 saturated carbocycles. The fourth-order valence-electron chi connectivity index (χ4n) is 3.82. The van der Waals surface area contributed by atoms with Crippen molar-refractivity contribution < 1.29 is 9.47 Å². The monoisotopic (exact) mass is 352 g/mol. The van der Waals surface area contributed by atoms with Crippen molar-refractivity contribution in [3.05, 3.63) is 71.3 Å². The molecule has 1 aliphatic rings. The highest BCUT2D eigenvalue weighted by Gasteiger charge is 2.46. The number of rotatable bonds is 8. The molecule has 140 valence electrons. The van der Waals surface area contributed by atoms with Gasteiger partial charge < -0.3 is 9.47 Å². The van der Waals surface area contributed by atoms with Crippen molar-refractivity contribution in [2.75, 3.05) is 0 Å². The van der Waals surface area contributed by atoms with Gasteiger partial charge in [0.15, 0.2) is 0 Å². The van der Waals surface area contributed by atoms with Gasteiger partial charge in [-0.25, -0.2) is 0 Å². The Morgan fingerprint density at radius 1 is 0.962 bits per heavy atom. The van der Waals surface area contributed by atoms with Gasteiger partial charge in [-0.1, -0.05) is 54.6 Å². The third kappa shape index (κ3) is 4.55. The van der Waals surface area contributed by atoms with Crippen LogP contribution < -0.4 is 0 Å². The molecule has 1 aliphatic carbocycles. The molecule has 0 N–H and O–H groups in total. The van der Waals surface area contributed by atoms with E-state index in [-0.39, 0.29) is 23.4 Å². The molecule has 0 amide bonds. The molecule has 3 rings (SSSR count). The van der Waals surface area contributed by atoms with E-state index in [1.165, 1.54) is 16.7 Å². The van der Waals surface area contributed by atoms with Gasteiger partial charge >= 0.3 is 0 Å². The molecule has 0 heterocycles. The van der Waals surface area contributed by atoms with Crippen molar-refractivity contribution in [3.63, 3.8) is 0 Å². The number of benzene rings is 2. The first-order chi connectivity index (χ1) is 12.3. The van der Waals surface area contributed by atoms with E-state index in [0.717, 1.165) is 19.3 Å². The summed E-state index contributed by atoms with van der Waals surface area (Å²) in [6.45, 7) is 10.6. The molecule has 0 aliphatic heterocycles. The summed E-state index contributed by atoms with van der Waals surface area (Å²) in [6, 6.07) is 19.4. The van der Waals surface area contributed by atoms with E-state index in [9.17, 15) is 0 Å². The van der Waals surface area contributed by atoms with Gasteiger partial charge in [0.25, 0.3) is 0 Å². The maximum atomic E-state index is 6.50. The second kappa shape index (κ2) is 7.54. The molecule has 2 heteroatoms. The molecule has 2 nitrogen and oxygen atoms in total. The van der Waals surface area contributed by atoms with Gasteiger partial charge in [-0.2, -0.15) is 0 Å². The zero-order chi connectivity index (χ0) is 18.8. The molecule has 2 aromatic rings. The second-order valence-corrected chi connectivity index (χ2v) is 8.37. The average molecular weight is 353 g/mol. The van der Waals surface area contributed by atoms with Gasteiger partial charge in [0, 0.05) is 0 Å². The van der Waals surface area contributed by atoms with Crippen molar-refractivity contribution in [2.24, 2.45) is 0 Å². The summed E-state index contributed by atoms with van der Waals surface area (Å²) in [5, 5.41) is 0. The fraction of sp³-hybridized carbons (Fsp3) is 0.500. The van der Waals surface area contributed by atoms with E-state index in [4.69, 9.17) is 9.47 Å². The number of ether oxygens (including phenoxy) is 2. The number of hydrogen-bond acceptors (Lipinski definition) is 2. The van der Waals surface area contributed by atoms with Gasteiger partial charge in [0.2, 0.25) is 0 Å². The van der Waals surface area contributed by atoms with Gasteiger partial charge in [0.1, 0.15) is 0 Å². The summed E-state index contributed by atoms with van der Waals surface area (Å²) in [4.78, 5) is 0. The van der Waals surface area contributed by atoms with E-state index >= 15 is 0 Å². The minimum absolute atomic E-state index is 0.0572. The minimum Gasteiger partial charge on any atom is -0.368 e. The lowest BCUT2D eigenvalue weighted by Gasteiger charge is -2.29. The summed E-state index contributed by atoms with van der Waals surface area (Å²) in [5.74, 6) is 0. The molecule has 0 spiro atoms. The predicted octanol–water partition coefficient (Wildman–Crippen LogP) is 5.98. The first-order valence-corrected chi connectivity index (χ1v) is 9.81. The van der Waals surface area contributed by atoms with E-state index in [0.29, 0.717) is 0 Å². The zero-order valence-corrected chi connectivity index (χ0v) is 16.8. The molecule has 0 saturated heterocycles. The second-order valence-electron chi connectivity index (χ2n) is 8.37. The standard InChI is InChI=1S/C24H32O2/c1-18(2)25-23(4,5)22-13-9-10-20(17-22)16-19(3)26-24(14-15-24)21-11-7-6-8-12-21/h6-13,17-19H,14-16H2,1-5H3. The van der Waals surface area contributed by atoms with Crippen molar-refractivity contribution in [1.82, 2.24) is 0 Å². The highest BCUT2D eigenvalue weighted by molar-refractivity contribution is 5.29. The Hall–Kier alpha value is -1.64. The minimum atomic E-state index is -0.282. The zero-order valence-electron chi connectivity index (χ0n) is 16.8. The molecule has 1 atom stereocenters. The molecular formula is C24H32O2. The molecule has 0 aromatic heterocycles. The van der Waals surface area contributed by atoms with Crippen LogP contribution in [0.15, 0.2) is 54.6 Å². The van der Waals surface area contributed by atoms with Crippen LogP contribution in [0.3, 0.4) is 0 Å². The lowest BCUT2D eigenvalue weighted by Crippen LogP contribution is -2.26. The maximum Gasteiger partial charge on any atom is 0.0937 e. The van der Waals surface area contributed by atoms with E-state index in [1.54, 1.807) is 0 Å². The molecule has 0 bridgehead atoms. The van der Waals surface area contributed by atoms with Gasteiger partial charge in [-0.15, -0.1) is 0 Å². The van der Waals surface area contributed by atoms with Crippen LogP contribution in [0.25, 0.3) is 0 Å². The normalized spacial score (nSPS) is 17.3. The average Bonchev–Trinajstić information content (AvgIpc) is 3.35. The van der Waals surface area contributed by atoms with Crippen LogP contribution >= 0.6 is 0 Å². The third-order valence-corrected chi connectivity index (χ3v) is 5.11. The summed E-state index contributed by atoms with van der Waals surface area (Å²) in [5.41, 5.74) is 3.50. The van der Waals surface area contributed by atoms with Crippen LogP contribution in [0.1, 0.15) is 64.2 Å². The fourth-order valence-corrected chi connectivity index (χ4v) is 3.82. The van der Waals surface area contributed by atoms with Crippen LogP contribution in [-0.4, -0.2) is 12.2 Å². The Morgan fingerprint density at radius 2 is 1.65 bits per heavy atom. The molecule has 1 fully saturated rings. The van der Waals surface area contributed by atoms with Crippen molar-refractivity contribution in [3.8, 4) is 0 Å². The van der Waals surface area contributed by atoms with Crippen LogP contribution in [0.4, 0.5) is 0 Å². The summed E-state index contributed by atoms with van der Waals surface area (Å²) < 4.78 is 12.6. The van der Waals surface area contributed by atoms with Crippen LogP contribution in [0, 0.1) is 0 Å². The van der Waals surface area contributed by atoms with E-state index in [1.807, 2.05) is 0 Å². The van der Waals surface area contributed by atoms with Crippen molar-refractivity contribution >= 4 is 0 Å². The summed E-state index contributed by atoms with van der Waals surface area (Å²) in [7, 11) is 0. The topological polar surface area (TPSA) is 18.5 Å². The summed E-state index contributed by atoms with van der Waals surface area (Å²) in [6.07, 6.45) is 3.55. The van der Waals surface area contributed by atoms with E-state index < -0.39 is 0 Å². The van der Waals surface area contributed by atoms with Gasteiger partial charge in [0.05, 0.1) is 23.4 Å². The SMILES string of the molecule is CC(C)OC(C)(C)c1cccc(CC(C)OC2(c3ccccc3)CC2)c1. The van der Waals surface area contributed by atoms with Crippen molar-refractivity contribution in [1.29, 1.82) is 0 Å². The molecular weight excluding hydrogens is 320 g/mol. The van der Waals surface area contributed by atoms with Crippen LogP contribution in [-0.2, 0) is 27.1 Å². The summed E-state index contributed by atoms with van der Waals surface area (Å²) >= 11 is 0. The third-order valence-electron chi connectivity index (χ3n) is 5.11. The Kier molecular flexibility index (Phi) is 5.55.